The third kappa shape index (κ3) is 7.94. The summed E-state index contributed by atoms with van der Waals surface area (Å²) in [4.78, 5) is 0. The quantitative estimate of drug-likeness (QED) is 0.505. The summed E-state index contributed by atoms with van der Waals surface area (Å²) in [7, 11) is 0. The van der Waals surface area contributed by atoms with E-state index in [0.717, 1.165) is 13.0 Å². The summed E-state index contributed by atoms with van der Waals surface area (Å²) in [6, 6.07) is 0. The molecule has 0 fully saturated rings. The molecule has 0 aromatic carbocycles. The lowest BCUT2D eigenvalue weighted by Crippen LogP contribution is -2.19. The first-order valence-electron chi connectivity index (χ1n) is 4.25. The van der Waals surface area contributed by atoms with E-state index in [4.69, 9.17) is 19.7 Å². The Labute approximate surface area is 73.1 Å². The maximum atomic E-state index is 8.85. The summed E-state index contributed by atoms with van der Waals surface area (Å²) >= 11 is 0. The van der Waals surface area contributed by atoms with Crippen LogP contribution in [-0.2, 0) is 9.47 Å². The van der Waals surface area contributed by atoms with Gasteiger partial charge in [0.05, 0.1) is 13.2 Å². The number of hydrogen-bond acceptors (Lipinski definition) is 4. The lowest BCUT2D eigenvalue weighted by atomic mass is 10.4. The third-order valence-electron chi connectivity index (χ3n) is 1.30. The Morgan fingerprint density at radius 3 is 2.50 bits per heavy atom. The van der Waals surface area contributed by atoms with E-state index in [1.807, 2.05) is 6.92 Å². The van der Waals surface area contributed by atoms with Crippen LogP contribution in [0.5, 0.6) is 0 Å². The Morgan fingerprint density at radius 2 is 1.92 bits per heavy atom. The monoisotopic (exact) mass is 178 g/mol. The molecule has 0 radical (unpaired) electrons. The van der Waals surface area contributed by atoms with Gasteiger partial charge < -0.3 is 19.7 Å². The van der Waals surface area contributed by atoms with E-state index in [1.54, 1.807) is 0 Å². The van der Waals surface area contributed by atoms with Crippen LogP contribution < -0.4 is 0 Å². The van der Waals surface area contributed by atoms with Crippen molar-refractivity contribution in [3.8, 4) is 0 Å². The van der Waals surface area contributed by atoms with Crippen LogP contribution in [0.25, 0.3) is 0 Å². The first-order valence-corrected chi connectivity index (χ1v) is 4.25. The lowest BCUT2D eigenvalue weighted by molar-refractivity contribution is 0.0000687. The lowest BCUT2D eigenvalue weighted by Gasteiger charge is -2.07. The van der Waals surface area contributed by atoms with Crippen molar-refractivity contribution in [1.29, 1.82) is 0 Å². The minimum absolute atomic E-state index is 0.197. The Kier molecular flexibility index (Phi) is 8.81. The van der Waals surface area contributed by atoms with Crippen LogP contribution in [0.15, 0.2) is 0 Å². The average Bonchev–Trinajstić information content (AvgIpc) is 2.10. The van der Waals surface area contributed by atoms with Crippen molar-refractivity contribution in [2.45, 2.75) is 19.4 Å². The highest BCUT2D eigenvalue weighted by molar-refractivity contribution is 4.48. The van der Waals surface area contributed by atoms with Crippen LogP contribution in [0.2, 0.25) is 0 Å². The standard InChI is InChI=1S/C8H18O4/c1-2-11-4-3-5-12-7-8(10)6-9/h8-10H,2-7H2,1H3. The van der Waals surface area contributed by atoms with E-state index in [2.05, 4.69) is 0 Å². The fourth-order valence-corrected chi connectivity index (χ4v) is 0.679. The van der Waals surface area contributed by atoms with Crippen molar-refractivity contribution in [1.82, 2.24) is 0 Å². The summed E-state index contributed by atoms with van der Waals surface area (Å²) in [5, 5.41) is 17.3. The van der Waals surface area contributed by atoms with Crippen molar-refractivity contribution in [3.05, 3.63) is 0 Å². The van der Waals surface area contributed by atoms with Gasteiger partial charge in [-0.05, 0) is 13.3 Å². The van der Waals surface area contributed by atoms with E-state index >= 15 is 0 Å². The number of aliphatic hydroxyl groups is 2. The molecule has 1 unspecified atom stereocenters. The molecule has 0 aliphatic carbocycles. The summed E-state index contributed by atoms with van der Waals surface area (Å²) < 4.78 is 10.1. The molecule has 0 amide bonds. The van der Waals surface area contributed by atoms with Gasteiger partial charge >= 0.3 is 0 Å². The highest BCUT2D eigenvalue weighted by Crippen LogP contribution is 1.87. The van der Waals surface area contributed by atoms with Gasteiger partial charge in [0.2, 0.25) is 0 Å². The second kappa shape index (κ2) is 8.93. The van der Waals surface area contributed by atoms with Gasteiger partial charge in [-0.1, -0.05) is 0 Å². The van der Waals surface area contributed by atoms with Gasteiger partial charge in [0.15, 0.2) is 0 Å². The maximum absolute atomic E-state index is 8.85. The highest BCUT2D eigenvalue weighted by Gasteiger charge is 2.00. The Morgan fingerprint density at radius 1 is 1.25 bits per heavy atom. The molecule has 12 heavy (non-hydrogen) atoms. The normalized spacial score (nSPS) is 13.2. The van der Waals surface area contributed by atoms with Gasteiger partial charge in [-0.2, -0.15) is 0 Å². The number of aliphatic hydroxyl groups excluding tert-OH is 2. The number of rotatable bonds is 8. The topological polar surface area (TPSA) is 58.9 Å². The molecule has 4 heteroatoms. The summed E-state index contributed by atoms with van der Waals surface area (Å²) in [6.07, 6.45) is 0.0727. The van der Waals surface area contributed by atoms with Gasteiger partial charge in [0.25, 0.3) is 0 Å². The zero-order valence-corrected chi connectivity index (χ0v) is 7.53. The van der Waals surface area contributed by atoms with Gasteiger partial charge in [0.1, 0.15) is 6.10 Å². The van der Waals surface area contributed by atoms with Crippen LogP contribution in [0.1, 0.15) is 13.3 Å². The maximum Gasteiger partial charge on any atom is 0.100 e. The van der Waals surface area contributed by atoms with Crippen LogP contribution in [-0.4, -0.2) is 49.4 Å². The van der Waals surface area contributed by atoms with Gasteiger partial charge in [0, 0.05) is 19.8 Å². The van der Waals surface area contributed by atoms with E-state index in [0.29, 0.717) is 13.2 Å². The minimum atomic E-state index is -0.753. The molecular weight excluding hydrogens is 160 g/mol. The molecule has 0 aromatic rings. The predicted molar refractivity (Wildman–Crippen MR) is 45.0 cm³/mol. The molecule has 1 atom stereocenters. The van der Waals surface area contributed by atoms with Crippen molar-refractivity contribution >= 4 is 0 Å². The van der Waals surface area contributed by atoms with Gasteiger partial charge in [-0.15, -0.1) is 0 Å². The predicted octanol–water partition coefficient (Wildman–Crippen LogP) is -0.217. The first-order chi connectivity index (χ1) is 5.81. The molecule has 0 spiro atoms. The molecule has 0 heterocycles. The third-order valence-corrected chi connectivity index (χ3v) is 1.30. The first kappa shape index (κ1) is 11.8. The largest absolute Gasteiger partial charge is 0.394 e. The highest BCUT2D eigenvalue weighted by atomic mass is 16.5. The van der Waals surface area contributed by atoms with E-state index in [9.17, 15) is 0 Å². The zero-order valence-electron chi connectivity index (χ0n) is 7.53. The smallest absolute Gasteiger partial charge is 0.100 e. The molecule has 0 aliphatic heterocycles. The number of ether oxygens (including phenoxy) is 2. The average molecular weight is 178 g/mol. The van der Waals surface area contributed by atoms with Gasteiger partial charge in [-0.25, -0.2) is 0 Å². The Hall–Kier alpha value is -0.160. The molecule has 4 nitrogen and oxygen atoms in total. The summed E-state index contributed by atoms with van der Waals surface area (Å²) in [5.41, 5.74) is 0. The molecule has 2 N–H and O–H groups in total. The van der Waals surface area contributed by atoms with Crippen molar-refractivity contribution < 1.29 is 19.7 Å². The second-order valence-corrected chi connectivity index (χ2v) is 2.46. The molecule has 0 aliphatic rings. The van der Waals surface area contributed by atoms with Crippen LogP contribution in [0, 0.1) is 0 Å². The van der Waals surface area contributed by atoms with Crippen molar-refractivity contribution in [3.63, 3.8) is 0 Å². The zero-order chi connectivity index (χ0) is 9.23. The molecule has 0 saturated carbocycles. The molecular formula is C8H18O4. The minimum Gasteiger partial charge on any atom is -0.394 e. The second-order valence-electron chi connectivity index (χ2n) is 2.46. The Balaban J connectivity index is 2.90. The van der Waals surface area contributed by atoms with E-state index < -0.39 is 6.10 Å². The fraction of sp³-hybridized carbons (Fsp3) is 1.00. The molecule has 0 rings (SSSR count). The molecule has 0 bridgehead atoms. The Bertz CT molecular complexity index is 87.1. The summed E-state index contributed by atoms with van der Waals surface area (Å²) in [5.74, 6) is 0. The van der Waals surface area contributed by atoms with E-state index in [1.165, 1.54) is 0 Å². The molecule has 74 valence electrons. The van der Waals surface area contributed by atoms with Crippen LogP contribution in [0.3, 0.4) is 0 Å². The van der Waals surface area contributed by atoms with Crippen molar-refractivity contribution in [2.75, 3.05) is 33.0 Å². The SMILES string of the molecule is CCOCCCOCC(O)CO. The van der Waals surface area contributed by atoms with Gasteiger partial charge in [-0.3, -0.25) is 0 Å². The summed E-state index contributed by atoms with van der Waals surface area (Å²) in [6.45, 7) is 3.87. The molecule has 0 aromatic heterocycles. The number of hydrogen-bond donors (Lipinski definition) is 2. The van der Waals surface area contributed by atoms with Crippen LogP contribution in [0.4, 0.5) is 0 Å². The van der Waals surface area contributed by atoms with E-state index in [-0.39, 0.29) is 13.2 Å². The fourth-order valence-electron chi connectivity index (χ4n) is 0.679. The van der Waals surface area contributed by atoms with Crippen LogP contribution >= 0.6 is 0 Å². The molecule has 0 saturated heterocycles. The van der Waals surface area contributed by atoms with Crippen molar-refractivity contribution in [2.24, 2.45) is 0 Å².